The summed E-state index contributed by atoms with van der Waals surface area (Å²) in [6.45, 7) is 6.76. The summed E-state index contributed by atoms with van der Waals surface area (Å²) in [5.74, 6) is 1.74. The number of anilines is 1. The fourth-order valence-electron chi connectivity index (χ4n) is 3.64. The number of amides is 1. The first-order chi connectivity index (χ1) is 14.6. The minimum atomic E-state index is 0.0526. The average Bonchev–Trinajstić information content (AvgIpc) is 2.76. The third kappa shape index (κ3) is 4.93. The van der Waals surface area contributed by atoms with E-state index in [9.17, 15) is 4.79 Å². The molecular formula is C24H28N4OS. The molecule has 1 aliphatic heterocycles. The maximum atomic E-state index is 12.3. The second-order valence-corrected chi connectivity index (χ2v) is 9.07. The van der Waals surface area contributed by atoms with Gasteiger partial charge in [-0.15, -0.1) is 0 Å². The van der Waals surface area contributed by atoms with Crippen LogP contribution in [-0.2, 0) is 17.8 Å². The Balaban J connectivity index is 1.52. The number of nitrogens with zero attached hydrogens (tertiary/aromatic N) is 3. The van der Waals surface area contributed by atoms with Crippen molar-refractivity contribution in [3.8, 4) is 0 Å². The fraction of sp³-hybridized carbons (Fsp3) is 0.375. The van der Waals surface area contributed by atoms with Crippen LogP contribution in [0.3, 0.4) is 0 Å². The SMILES string of the molecule is CC(C)CCNC(=O)CSc1nc(N2CCc3ccccc3C2)nc2ccccc12. The molecule has 4 rings (SSSR count). The number of nitrogens with one attached hydrogen (secondary N) is 1. The number of aromatic nitrogens is 2. The van der Waals surface area contributed by atoms with Crippen LogP contribution in [0.4, 0.5) is 5.95 Å². The van der Waals surface area contributed by atoms with Crippen LogP contribution in [0.25, 0.3) is 10.9 Å². The number of benzene rings is 2. The number of rotatable bonds is 7. The lowest BCUT2D eigenvalue weighted by molar-refractivity contribution is -0.118. The molecule has 0 radical (unpaired) electrons. The summed E-state index contributed by atoms with van der Waals surface area (Å²) in [5.41, 5.74) is 3.66. The van der Waals surface area contributed by atoms with Crippen LogP contribution in [-0.4, -0.2) is 34.7 Å². The maximum absolute atomic E-state index is 12.3. The molecule has 0 bridgehead atoms. The van der Waals surface area contributed by atoms with Crippen molar-refractivity contribution in [1.82, 2.24) is 15.3 Å². The highest BCUT2D eigenvalue weighted by Gasteiger charge is 2.20. The van der Waals surface area contributed by atoms with Crippen LogP contribution in [0.1, 0.15) is 31.4 Å². The standard InChI is InChI=1S/C24H28N4OS/c1-17(2)11-13-25-22(29)16-30-23-20-9-5-6-10-21(20)26-24(27-23)28-14-12-18-7-3-4-8-19(18)15-28/h3-10,17H,11-16H2,1-2H3,(H,25,29). The zero-order valence-corrected chi connectivity index (χ0v) is 18.4. The number of carbonyl (C=O) groups excluding carboxylic acids is 1. The normalized spacial score (nSPS) is 13.5. The van der Waals surface area contributed by atoms with Gasteiger partial charge in [-0.2, -0.15) is 0 Å². The van der Waals surface area contributed by atoms with E-state index in [0.717, 1.165) is 54.4 Å². The van der Waals surface area contributed by atoms with Gasteiger partial charge in [-0.25, -0.2) is 9.97 Å². The Morgan fingerprint density at radius 1 is 1.10 bits per heavy atom. The lowest BCUT2D eigenvalue weighted by Gasteiger charge is -2.29. The highest BCUT2D eigenvalue weighted by Crippen LogP contribution is 2.29. The number of hydrogen-bond acceptors (Lipinski definition) is 5. The molecule has 2 aromatic carbocycles. The molecule has 0 atom stereocenters. The van der Waals surface area contributed by atoms with Gasteiger partial charge in [0, 0.05) is 25.0 Å². The molecular weight excluding hydrogens is 392 g/mol. The summed E-state index contributed by atoms with van der Waals surface area (Å²) in [5, 5.41) is 4.88. The van der Waals surface area contributed by atoms with E-state index in [-0.39, 0.29) is 5.91 Å². The topological polar surface area (TPSA) is 58.1 Å². The molecule has 0 spiro atoms. The summed E-state index contributed by atoms with van der Waals surface area (Å²) < 4.78 is 0. The Morgan fingerprint density at radius 2 is 1.87 bits per heavy atom. The van der Waals surface area contributed by atoms with Crippen LogP contribution >= 0.6 is 11.8 Å². The third-order valence-electron chi connectivity index (χ3n) is 5.35. The molecule has 30 heavy (non-hydrogen) atoms. The molecule has 0 unspecified atom stereocenters. The van der Waals surface area contributed by atoms with Crippen LogP contribution in [0.15, 0.2) is 53.6 Å². The Kier molecular flexibility index (Phi) is 6.53. The van der Waals surface area contributed by atoms with E-state index in [1.54, 1.807) is 0 Å². The number of para-hydroxylation sites is 1. The molecule has 1 aliphatic rings. The number of hydrogen-bond donors (Lipinski definition) is 1. The van der Waals surface area contributed by atoms with Crippen molar-refractivity contribution in [3.05, 3.63) is 59.7 Å². The van der Waals surface area contributed by atoms with Gasteiger partial charge in [0.1, 0.15) is 5.03 Å². The molecule has 0 saturated carbocycles. The minimum Gasteiger partial charge on any atom is -0.355 e. The molecule has 156 valence electrons. The zero-order valence-electron chi connectivity index (χ0n) is 17.6. The van der Waals surface area contributed by atoms with E-state index >= 15 is 0 Å². The Bertz CT molecular complexity index is 1040. The van der Waals surface area contributed by atoms with Crippen molar-refractivity contribution >= 4 is 34.5 Å². The number of carbonyl (C=O) groups is 1. The van der Waals surface area contributed by atoms with Gasteiger partial charge in [0.05, 0.1) is 11.3 Å². The van der Waals surface area contributed by atoms with Gasteiger partial charge < -0.3 is 10.2 Å². The van der Waals surface area contributed by atoms with Gasteiger partial charge in [-0.3, -0.25) is 4.79 Å². The monoisotopic (exact) mass is 420 g/mol. The van der Waals surface area contributed by atoms with Crippen LogP contribution in [0, 0.1) is 5.92 Å². The largest absolute Gasteiger partial charge is 0.355 e. The van der Waals surface area contributed by atoms with Crippen molar-refractivity contribution in [2.75, 3.05) is 23.7 Å². The highest BCUT2D eigenvalue weighted by molar-refractivity contribution is 8.00. The molecule has 6 heteroatoms. The molecule has 0 saturated heterocycles. The van der Waals surface area contributed by atoms with Crippen molar-refractivity contribution in [1.29, 1.82) is 0 Å². The van der Waals surface area contributed by atoms with Gasteiger partial charge in [0.25, 0.3) is 0 Å². The molecule has 1 aromatic heterocycles. The summed E-state index contributed by atoms with van der Waals surface area (Å²) >= 11 is 1.49. The van der Waals surface area contributed by atoms with Crippen LogP contribution < -0.4 is 10.2 Å². The van der Waals surface area contributed by atoms with Gasteiger partial charge >= 0.3 is 0 Å². The molecule has 2 heterocycles. The lowest BCUT2D eigenvalue weighted by atomic mass is 10.0. The van der Waals surface area contributed by atoms with Crippen molar-refractivity contribution in [3.63, 3.8) is 0 Å². The number of thioether (sulfide) groups is 1. The smallest absolute Gasteiger partial charge is 0.230 e. The molecule has 3 aromatic rings. The van der Waals surface area contributed by atoms with Gasteiger partial charge in [-0.05, 0) is 36.0 Å². The summed E-state index contributed by atoms with van der Waals surface area (Å²) in [7, 11) is 0. The van der Waals surface area contributed by atoms with Gasteiger partial charge in [-0.1, -0.05) is 68.1 Å². The Labute approximate surface area is 182 Å². The quantitative estimate of drug-likeness (QED) is 0.452. The van der Waals surface area contributed by atoms with E-state index in [1.807, 2.05) is 24.3 Å². The lowest BCUT2D eigenvalue weighted by Crippen LogP contribution is -2.31. The first-order valence-electron chi connectivity index (χ1n) is 10.6. The second kappa shape index (κ2) is 9.47. The Morgan fingerprint density at radius 3 is 2.70 bits per heavy atom. The minimum absolute atomic E-state index is 0.0526. The average molecular weight is 421 g/mol. The summed E-state index contributed by atoms with van der Waals surface area (Å²) in [6.07, 6.45) is 1.99. The molecule has 0 aliphatic carbocycles. The van der Waals surface area contributed by atoms with Crippen molar-refractivity contribution in [2.45, 2.75) is 38.3 Å². The van der Waals surface area contributed by atoms with E-state index < -0.39 is 0 Å². The zero-order chi connectivity index (χ0) is 20.9. The molecule has 0 fully saturated rings. The number of fused-ring (bicyclic) bond motifs is 2. The van der Waals surface area contributed by atoms with E-state index in [4.69, 9.17) is 9.97 Å². The van der Waals surface area contributed by atoms with Gasteiger partial charge in [0.2, 0.25) is 11.9 Å². The van der Waals surface area contributed by atoms with E-state index in [2.05, 4.69) is 48.3 Å². The fourth-order valence-corrected chi connectivity index (χ4v) is 4.48. The first kappa shape index (κ1) is 20.7. The molecule has 5 nitrogen and oxygen atoms in total. The van der Waals surface area contributed by atoms with Gasteiger partial charge in [0.15, 0.2) is 0 Å². The molecule has 1 amide bonds. The summed E-state index contributed by atoms with van der Waals surface area (Å²) in [6, 6.07) is 16.6. The van der Waals surface area contributed by atoms with Crippen LogP contribution in [0.2, 0.25) is 0 Å². The van der Waals surface area contributed by atoms with Crippen LogP contribution in [0.5, 0.6) is 0 Å². The van der Waals surface area contributed by atoms with E-state index in [1.165, 1.54) is 22.9 Å². The van der Waals surface area contributed by atoms with Crippen molar-refractivity contribution in [2.24, 2.45) is 5.92 Å². The predicted molar refractivity (Wildman–Crippen MR) is 124 cm³/mol. The first-order valence-corrected chi connectivity index (χ1v) is 11.6. The van der Waals surface area contributed by atoms with Crippen molar-refractivity contribution < 1.29 is 4.79 Å². The predicted octanol–water partition coefficient (Wildman–Crippen LogP) is 4.45. The maximum Gasteiger partial charge on any atom is 0.230 e. The Hall–Kier alpha value is -2.60. The van der Waals surface area contributed by atoms with E-state index in [0.29, 0.717) is 11.7 Å². The summed E-state index contributed by atoms with van der Waals surface area (Å²) in [4.78, 5) is 24.2. The third-order valence-corrected chi connectivity index (χ3v) is 6.34. The highest BCUT2D eigenvalue weighted by atomic mass is 32.2. The molecule has 1 N–H and O–H groups in total. The second-order valence-electron chi connectivity index (χ2n) is 8.11.